The van der Waals surface area contributed by atoms with E-state index in [9.17, 15) is 18.4 Å². The van der Waals surface area contributed by atoms with Crippen LogP contribution < -0.4 is 16.0 Å². The number of carbonyl (C=O) groups excluding carboxylic acids is 2. The molecule has 3 rings (SSSR count). The number of hydrogen-bond donors (Lipinski definition) is 2. The highest BCUT2D eigenvalue weighted by molar-refractivity contribution is 6.01. The second-order valence-electron chi connectivity index (χ2n) is 6.70. The number of halogens is 2. The van der Waals surface area contributed by atoms with Crippen LogP contribution >= 0.6 is 0 Å². The minimum Gasteiger partial charge on any atom is -0.363 e. The second-order valence-corrected chi connectivity index (χ2v) is 6.70. The molecule has 23 heavy (non-hydrogen) atoms. The number of imide groups is 1. The number of hydrogen-bond acceptors (Lipinski definition) is 4. The van der Waals surface area contributed by atoms with E-state index < -0.39 is 29.4 Å². The maximum Gasteiger partial charge on any atom is 0.234 e. The van der Waals surface area contributed by atoms with E-state index in [0.717, 1.165) is 0 Å². The predicted molar refractivity (Wildman–Crippen MR) is 80.9 cm³/mol. The van der Waals surface area contributed by atoms with Crippen LogP contribution in [0.2, 0.25) is 0 Å². The van der Waals surface area contributed by atoms with Crippen LogP contribution in [0.4, 0.5) is 14.5 Å². The molecule has 0 aromatic heterocycles. The van der Waals surface area contributed by atoms with Crippen molar-refractivity contribution in [3.63, 3.8) is 0 Å². The predicted octanol–water partition coefficient (Wildman–Crippen LogP) is 1.41. The topological polar surface area (TPSA) is 75.4 Å². The number of rotatable bonds is 2. The highest BCUT2D eigenvalue weighted by atomic mass is 19.1. The van der Waals surface area contributed by atoms with Gasteiger partial charge in [-0.3, -0.25) is 14.9 Å². The fourth-order valence-corrected chi connectivity index (χ4v) is 3.21. The van der Waals surface area contributed by atoms with E-state index in [0.29, 0.717) is 12.2 Å². The molecule has 3 N–H and O–H groups in total. The lowest BCUT2D eigenvalue weighted by molar-refractivity contribution is -0.134. The summed E-state index contributed by atoms with van der Waals surface area (Å²) in [6.45, 7) is 4.33. The number of anilines is 1. The standard InChI is InChI=1S/C16H19F2N3O2/c1-16(2)12(19)7-21(16)8-5-10(17)14(11(18)6-8)9-3-4-13(22)20-15(9)23/h5-6,9,12H,3-4,7,19H2,1-2H3,(H,20,22,23)/t9?,12-/m0/s1. The van der Waals surface area contributed by atoms with Gasteiger partial charge in [-0.2, -0.15) is 0 Å². The molecule has 2 amide bonds. The van der Waals surface area contributed by atoms with Crippen molar-refractivity contribution in [2.75, 3.05) is 11.4 Å². The minimum absolute atomic E-state index is 0.0663. The maximum absolute atomic E-state index is 14.5. The lowest BCUT2D eigenvalue weighted by Crippen LogP contribution is -2.71. The Morgan fingerprint density at radius 1 is 1.26 bits per heavy atom. The SMILES string of the molecule is CC1(C)[C@@H](N)CN1c1cc(F)c(C2CCC(=O)NC2=O)c(F)c1. The first-order chi connectivity index (χ1) is 10.7. The number of nitrogens with two attached hydrogens (primary N) is 1. The summed E-state index contributed by atoms with van der Waals surface area (Å²) >= 11 is 0. The number of amides is 2. The van der Waals surface area contributed by atoms with Crippen LogP contribution in [0.25, 0.3) is 0 Å². The smallest absolute Gasteiger partial charge is 0.234 e. The van der Waals surface area contributed by atoms with Gasteiger partial charge in [0.25, 0.3) is 0 Å². The van der Waals surface area contributed by atoms with Gasteiger partial charge in [0.1, 0.15) is 11.6 Å². The van der Waals surface area contributed by atoms with Crippen molar-refractivity contribution >= 4 is 17.5 Å². The number of nitrogens with zero attached hydrogens (tertiary/aromatic N) is 1. The zero-order valence-electron chi connectivity index (χ0n) is 13.0. The van der Waals surface area contributed by atoms with Crippen LogP contribution in [0.1, 0.15) is 38.2 Å². The van der Waals surface area contributed by atoms with Gasteiger partial charge in [-0.15, -0.1) is 0 Å². The molecule has 2 fully saturated rings. The third kappa shape index (κ3) is 2.49. The molecule has 0 radical (unpaired) electrons. The maximum atomic E-state index is 14.5. The van der Waals surface area contributed by atoms with Crippen molar-refractivity contribution in [2.45, 2.75) is 44.2 Å². The molecule has 2 aliphatic heterocycles. The van der Waals surface area contributed by atoms with E-state index in [-0.39, 0.29) is 30.0 Å². The Morgan fingerprint density at radius 3 is 2.35 bits per heavy atom. The van der Waals surface area contributed by atoms with Gasteiger partial charge in [0.05, 0.1) is 11.5 Å². The Kier molecular flexibility index (Phi) is 3.63. The fraction of sp³-hybridized carbons (Fsp3) is 0.500. The molecule has 1 unspecified atom stereocenters. The molecule has 0 bridgehead atoms. The Bertz CT molecular complexity index is 667. The monoisotopic (exact) mass is 323 g/mol. The van der Waals surface area contributed by atoms with Gasteiger partial charge in [0, 0.05) is 30.3 Å². The zero-order chi connectivity index (χ0) is 16.9. The first-order valence-corrected chi connectivity index (χ1v) is 7.57. The van der Waals surface area contributed by atoms with Gasteiger partial charge in [-0.05, 0) is 32.4 Å². The van der Waals surface area contributed by atoms with Crippen LogP contribution in [0.15, 0.2) is 12.1 Å². The minimum atomic E-state index is -0.978. The molecule has 2 saturated heterocycles. The Hall–Kier alpha value is -2.02. The average molecular weight is 323 g/mol. The summed E-state index contributed by atoms with van der Waals surface area (Å²) in [5.41, 5.74) is 5.67. The molecule has 0 saturated carbocycles. The van der Waals surface area contributed by atoms with E-state index in [1.54, 1.807) is 0 Å². The van der Waals surface area contributed by atoms with Crippen LogP contribution in [0.3, 0.4) is 0 Å². The molecule has 2 heterocycles. The van der Waals surface area contributed by atoms with Gasteiger partial charge in [0.15, 0.2) is 0 Å². The van der Waals surface area contributed by atoms with E-state index in [1.165, 1.54) is 12.1 Å². The molecule has 124 valence electrons. The number of piperidine rings is 1. The van der Waals surface area contributed by atoms with Crippen molar-refractivity contribution in [2.24, 2.45) is 5.73 Å². The molecule has 5 nitrogen and oxygen atoms in total. The molecule has 0 spiro atoms. The molecular formula is C16H19F2N3O2. The summed E-state index contributed by atoms with van der Waals surface area (Å²) in [5.74, 6) is -3.59. The van der Waals surface area contributed by atoms with Gasteiger partial charge in [0.2, 0.25) is 11.8 Å². The van der Waals surface area contributed by atoms with Crippen LogP contribution in [-0.4, -0.2) is 29.9 Å². The summed E-state index contributed by atoms with van der Waals surface area (Å²) in [5, 5.41) is 2.12. The lowest BCUT2D eigenvalue weighted by atomic mass is 9.82. The first kappa shape index (κ1) is 15.9. The van der Waals surface area contributed by atoms with Crippen molar-refractivity contribution < 1.29 is 18.4 Å². The van der Waals surface area contributed by atoms with Gasteiger partial charge in [-0.1, -0.05) is 0 Å². The Balaban J connectivity index is 1.93. The van der Waals surface area contributed by atoms with Gasteiger partial charge in [-0.25, -0.2) is 8.78 Å². The Labute approximate surface area is 132 Å². The van der Waals surface area contributed by atoms with E-state index in [1.807, 2.05) is 18.7 Å². The molecule has 0 aliphatic carbocycles. The second kappa shape index (κ2) is 5.26. The van der Waals surface area contributed by atoms with Crippen LogP contribution in [0, 0.1) is 11.6 Å². The molecule has 1 aromatic rings. The van der Waals surface area contributed by atoms with Crippen molar-refractivity contribution in [1.29, 1.82) is 0 Å². The third-order valence-electron chi connectivity index (χ3n) is 4.95. The summed E-state index contributed by atoms with van der Waals surface area (Å²) in [7, 11) is 0. The average Bonchev–Trinajstić information content (AvgIpc) is 2.46. The number of carbonyl (C=O) groups is 2. The first-order valence-electron chi connectivity index (χ1n) is 7.57. The summed E-state index contributed by atoms with van der Waals surface area (Å²) in [4.78, 5) is 24.9. The van der Waals surface area contributed by atoms with Crippen LogP contribution in [-0.2, 0) is 9.59 Å². The summed E-state index contributed by atoms with van der Waals surface area (Å²) in [6, 6.07) is 2.40. The Morgan fingerprint density at radius 2 is 1.87 bits per heavy atom. The number of benzene rings is 1. The van der Waals surface area contributed by atoms with Crippen molar-refractivity contribution in [3.8, 4) is 0 Å². The zero-order valence-corrected chi connectivity index (χ0v) is 13.0. The molecule has 2 aliphatic rings. The molecule has 1 aromatic carbocycles. The summed E-state index contributed by atoms with van der Waals surface area (Å²) in [6.07, 6.45) is 0.184. The fourth-order valence-electron chi connectivity index (χ4n) is 3.21. The molecular weight excluding hydrogens is 304 g/mol. The van der Waals surface area contributed by atoms with E-state index >= 15 is 0 Å². The third-order valence-corrected chi connectivity index (χ3v) is 4.95. The van der Waals surface area contributed by atoms with E-state index in [4.69, 9.17) is 5.73 Å². The highest BCUT2D eigenvalue weighted by Gasteiger charge is 2.44. The van der Waals surface area contributed by atoms with Gasteiger partial charge < -0.3 is 10.6 Å². The van der Waals surface area contributed by atoms with E-state index in [2.05, 4.69) is 5.32 Å². The molecule has 2 atom stereocenters. The van der Waals surface area contributed by atoms with Crippen LogP contribution in [0.5, 0.6) is 0 Å². The normalized spacial score (nSPS) is 26.7. The quantitative estimate of drug-likeness (QED) is 0.807. The summed E-state index contributed by atoms with van der Waals surface area (Å²) < 4.78 is 28.9. The highest BCUT2D eigenvalue weighted by Crippen LogP contribution is 2.38. The molecule has 7 heteroatoms. The number of nitrogens with one attached hydrogen (secondary N) is 1. The van der Waals surface area contributed by atoms with Gasteiger partial charge >= 0.3 is 0 Å². The largest absolute Gasteiger partial charge is 0.363 e. The lowest BCUT2D eigenvalue weighted by Gasteiger charge is -2.55. The van der Waals surface area contributed by atoms with Crippen molar-refractivity contribution in [1.82, 2.24) is 5.32 Å². The van der Waals surface area contributed by atoms with Crippen molar-refractivity contribution in [3.05, 3.63) is 29.3 Å².